The largest absolute Gasteiger partial charge is 0.394 e. The minimum absolute atomic E-state index is 0.0165. The van der Waals surface area contributed by atoms with Crippen molar-refractivity contribution < 1.29 is 14.0 Å². The summed E-state index contributed by atoms with van der Waals surface area (Å²) in [7, 11) is 0. The molecule has 1 heterocycles. The van der Waals surface area contributed by atoms with E-state index in [1.807, 2.05) is 12.1 Å². The number of hydrazone groups is 1. The lowest BCUT2D eigenvalue weighted by Crippen LogP contribution is -2.37. The number of carbonyl (C=O) groups is 2. The van der Waals surface area contributed by atoms with Crippen LogP contribution in [0.5, 0.6) is 0 Å². The smallest absolute Gasteiger partial charge is 0.270 e. The number of amides is 2. The van der Waals surface area contributed by atoms with Crippen LogP contribution in [0.1, 0.15) is 61.3 Å². The lowest BCUT2D eigenvalue weighted by atomic mass is 10.0. The van der Waals surface area contributed by atoms with E-state index < -0.39 is 28.5 Å². The maximum atomic E-state index is 14.3. The molecule has 0 aliphatic heterocycles. The zero-order chi connectivity index (χ0) is 30.7. The molecule has 3 aromatic carbocycles. The molecular weight excluding hydrogens is 559 g/mol. The van der Waals surface area contributed by atoms with Crippen LogP contribution >= 0.6 is 0 Å². The van der Waals surface area contributed by atoms with E-state index in [4.69, 9.17) is 17.4 Å². The Labute approximate surface area is 243 Å². The average molecular weight is 587 g/mol. The predicted octanol–water partition coefficient (Wildman–Crippen LogP) is -0.163. The van der Waals surface area contributed by atoms with Crippen LogP contribution in [0.25, 0.3) is 0 Å². The Morgan fingerprint density at radius 3 is 2.49 bits per heavy atom. The van der Waals surface area contributed by atoms with Crippen LogP contribution in [0.2, 0.25) is 0 Å². The summed E-state index contributed by atoms with van der Waals surface area (Å²) < 4.78 is 14.3. The van der Waals surface area contributed by atoms with Crippen LogP contribution in [0.3, 0.4) is 0 Å². The van der Waals surface area contributed by atoms with Gasteiger partial charge in [-0.25, -0.2) is 20.2 Å². The first-order valence-corrected chi connectivity index (χ1v) is 13.1. The highest BCUT2D eigenvalue weighted by Gasteiger charge is 2.26. The molecule has 1 atom stereocenters. The molecule has 1 aliphatic rings. The van der Waals surface area contributed by atoms with Gasteiger partial charge in [0.2, 0.25) is 0 Å². The maximum absolute atomic E-state index is 14.3. The van der Waals surface area contributed by atoms with Gasteiger partial charge in [0.15, 0.2) is 5.84 Å². The van der Waals surface area contributed by atoms with Crippen molar-refractivity contribution in [3.05, 3.63) is 114 Å². The second kappa shape index (κ2) is 12.0. The fraction of sp³-hybridized carbons (Fsp3) is 0.179. The molecule has 0 saturated carbocycles. The van der Waals surface area contributed by atoms with Crippen molar-refractivity contribution in [2.75, 3.05) is 11.1 Å². The SMILES string of the molecule is NN=C(NN)c1ccc2c(c1)CCC2NC(=O)c1cc(C(=O)NCc2ccc(F)c(CNc3c(N)c(=O)c3=O)c2)ncn1. The zero-order valence-electron chi connectivity index (χ0n) is 22.6. The molecule has 0 radical (unpaired) electrons. The van der Waals surface area contributed by atoms with Crippen molar-refractivity contribution in [3.8, 4) is 0 Å². The molecule has 0 fully saturated rings. The summed E-state index contributed by atoms with van der Waals surface area (Å²) in [6.45, 7) is -0.0649. The number of hydrazine groups is 1. The van der Waals surface area contributed by atoms with E-state index in [1.165, 1.54) is 24.3 Å². The molecule has 14 nitrogen and oxygen atoms in total. The van der Waals surface area contributed by atoms with Gasteiger partial charge in [0.1, 0.15) is 34.9 Å². The highest BCUT2D eigenvalue weighted by atomic mass is 19.1. The molecule has 1 aromatic heterocycles. The highest BCUT2D eigenvalue weighted by Crippen LogP contribution is 2.32. The second-order valence-electron chi connectivity index (χ2n) is 9.80. The van der Waals surface area contributed by atoms with Gasteiger partial charge in [-0.2, -0.15) is 5.10 Å². The number of rotatable bonds is 9. The third kappa shape index (κ3) is 5.87. The summed E-state index contributed by atoms with van der Waals surface area (Å²) in [6.07, 6.45) is 2.52. The first-order chi connectivity index (χ1) is 20.7. The molecule has 1 unspecified atom stereocenters. The van der Waals surface area contributed by atoms with E-state index in [1.54, 1.807) is 6.07 Å². The van der Waals surface area contributed by atoms with Crippen molar-refractivity contribution in [2.24, 2.45) is 16.8 Å². The number of nitrogens with zero attached hydrogens (tertiary/aromatic N) is 3. The Hall–Kier alpha value is -5.70. The molecule has 2 amide bonds. The number of benzene rings is 2. The fourth-order valence-electron chi connectivity index (χ4n) is 4.86. The monoisotopic (exact) mass is 586 g/mol. The summed E-state index contributed by atoms with van der Waals surface area (Å²) in [4.78, 5) is 56.7. The molecular formula is C28H27FN10O4. The summed E-state index contributed by atoms with van der Waals surface area (Å²) in [6, 6.07) is 10.8. The van der Waals surface area contributed by atoms with E-state index in [-0.39, 0.29) is 47.5 Å². The fourth-order valence-corrected chi connectivity index (χ4v) is 4.86. The van der Waals surface area contributed by atoms with Gasteiger partial charge in [0.05, 0.1) is 6.04 Å². The molecule has 15 heteroatoms. The first kappa shape index (κ1) is 28.8. The number of anilines is 2. The molecule has 10 N–H and O–H groups in total. The Balaban J connectivity index is 1.20. The van der Waals surface area contributed by atoms with Crippen LogP contribution in [0, 0.1) is 5.82 Å². The molecule has 5 rings (SSSR count). The number of aryl methyl sites for hydroxylation is 1. The Bertz CT molecular complexity index is 1830. The maximum Gasteiger partial charge on any atom is 0.270 e. The van der Waals surface area contributed by atoms with E-state index in [2.05, 4.69) is 36.4 Å². The van der Waals surface area contributed by atoms with Crippen LogP contribution in [0.4, 0.5) is 15.8 Å². The topological polar surface area (TPSA) is 233 Å². The quantitative estimate of drug-likeness (QED) is 0.0447. The third-order valence-electron chi connectivity index (χ3n) is 7.16. The van der Waals surface area contributed by atoms with Crippen molar-refractivity contribution >= 4 is 29.0 Å². The first-order valence-electron chi connectivity index (χ1n) is 13.1. The summed E-state index contributed by atoms with van der Waals surface area (Å²) in [5, 5.41) is 11.9. The van der Waals surface area contributed by atoms with Gasteiger partial charge in [0.25, 0.3) is 22.7 Å². The van der Waals surface area contributed by atoms with Crippen LogP contribution in [0.15, 0.2) is 63.5 Å². The number of hydrogen-bond acceptors (Lipinski definition) is 11. The normalized spacial score (nSPS) is 14.3. The summed E-state index contributed by atoms with van der Waals surface area (Å²) in [5.74, 6) is 9.57. The Morgan fingerprint density at radius 1 is 1.00 bits per heavy atom. The van der Waals surface area contributed by atoms with Crippen molar-refractivity contribution in [3.63, 3.8) is 0 Å². The zero-order valence-corrected chi connectivity index (χ0v) is 22.6. The minimum Gasteiger partial charge on any atom is -0.394 e. The number of nitrogens with two attached hydrogens (primary N) is 3. The molecule has 0 saturated heterocycles. The van der Waals surface area contributed by atoms with E-state index >= 15 is 0 Å². The van der Waals surface area contributed by atoms with Gasteiger partial charge in [-0.3, -0.25) is 19.2 Å². The standard InChI is InChI=1S/C28H27FN10O4/c29-18-5-1-13(7-16(18)11-33-23-22(30)24(40)25(23)41)10-34-27(42)20-9-21(36-12-35-20)28(43)37-19-6-3-14-8-15(2-4-17(14)19)26(38-31)39-32/h1-2,4-5,7-9,12,19,33H,3,6,10-11,30-32H2,(H,34,42)(H,37,43)(H,38,39). The summed E-state index contributed by atoms with van der Waals surface area (Å²) in [5.41, 5.74) is 9.62. The van der Waals surface area contributed by atoms with Crippen molar-refractivity contribution in [2.45, 2.75) is 32.0 Å². The van der Waals surface area contributed by atoms with Gasteiger partial charge >= 0.3 is 0 Å². The number of nitrogen functional groups attached to an aromatic ring is 1. The van der Waals surface area contributed by atoms with E-state index in [0.29, 0.717) is 17.8 Å². The van der Waals surface area contributed by atoms with Gasteiger partial charge in [-0.1, -0.05) is 18.2 Å². The molecule has 43 heavy (non-hydrogen) atoms. The molecule has 0 bridgehead atoms. The Morgan fingerprint density at radius 2 is 1.77 bits per heavy atom. The number of amidine groups is 1. The number of nitrogens with one attached hydrogen (secondary N) is 4. The van der Waals surface area contributed by atoms with Crippen LogP contribution in [-0.4, -0.2) is 27.6 Å². The molecule has 0 spiro atoms. The lowest BCUT2D eigenvalue weighted by molar-refractivity contribution is 0.0931. The van der Waals surface area contributed by atoms with Crippen LogP contribution < -0.4 is 49.7 Å². The van der Waals surface area contributed by atoms with Gasteiger partial charge < -0.3 is 33.0 Å². The van der Waals surface area contributed by atoms with Gasteiger partial charge in [0, 0.05) is 30.3 Å². The third-order valence-corrected chi connectivity index (χ3v) is 7.16. The molecule has 220 valence electrons. The lowest BCUT2D eigenvalue weighted by Gasteiger charge is -2.15. The summed E-state index contributed by atoms with van der Waals surface area (Å²) >= 11 is 0. The van der Waals surface area contributed by atoms with Crippen molar-refractivity contribution in [1.82, 2.24) is 26.0 Å². The van der Waals surface area contributed by atoms with Crippen molar-refractivity contribution in [1.29, 1.82) is 0 Å². The minimum atomic E-state index is -0.777. The number of halogens is 1. The number of hydrogen-bond donors (Lipinski definition) is 7. The average Bonchev–Trinajstić information content (AvgIpc) is 3.43. The Kier molecular flexibility index (Phi) is 8.07. The van der Waals surface area contributed by atoms with Gasteiger partial charge in [-0.15, -0.1) is 0 Å². The second-order valence-corrected chi connectivity index (χ2v) is 9.80. The molecule has 1 aliphatic carbocycles. The number of aromatic nitrogens is 2. The van der Waals surface area contributed by atoms with Gasteiger partial charge in [-0.05, 0) is 47.7 Å². The predicted molar refractivity (Wildman–Crippen MR) is 156 cm³/mol. The highest BCUT2D eigenvalue weighted by molar-refractivity contribution is 5.99. The number of carbonyl (C=O) groups excluding carboxylic acids is 2. The van der Waals surface area contributed by atoms with Crippen LogP contribution in [-0.2, 0) is 19.5 Å². The molecule has 4 aromatic rings. The number of fused-ring (bicyclic) bond motifs is 1. The van der Waals surface area contributed by atoms with E-state index in [9.17, 15) is 23.6 Å². The van der Waals surface area contributed by atoms with E-state index in [0.717, 1.165) is 29.4 Å².